The summed E-state index contributed by atoms with van der Waals surface area (Å²) in [6.07, 6.45) is 4.03. The molecule has 0 N–H and O–H groups in total. The molecule has 1 saturated heterocycles. The van der Waals surface area contributed by atoms with Gasteiger partial charge in [-0.15, -0.1) is 0 Å². The summed E-state index contributed by atoms with van der Waals surface area (Å²) in [5.41, 5.74) is 2.10. The van der Waals surface area contributed by atoms with Crippen LogP contribution in [0.2, 0.25) is 0 Å². The standard InChI is InChI=1S/C25H26N2O3S2/c1-17(2)15-27-24(28)23(32-25(27)31)14-18-16-26(20-9-5-4-8-19(18)20)12-13-30-22-11-7-6-10-21(22)29-3/h4-11,14,16-17H,12-13,15H2,1-3H3/b23-14-. The molecule has 2 heterocycles. The van der Waals surface area contributed by atoms with E-state index in [-0.39, 0.29) is 5.91 Å². The highest BCUT2D eigenvalue weighted by molar-refractivity contribution is 8.26. The van der Waals surface area contributed by atoms with Crippen LogP contribution in [0.3, 0.4) is 0 Å². The number of benzene rings is 2. The van der Waals surface area contributed by atoms with Crippen molar-refractivity contribution in [2.75, 3.05) is 20.3 Å². The van der Waals surface area contributed by atoms with Gasteiger partial charge in [0.15, 0.2) is 11.5 Å². The van der Waals surface area contributed by atoms with Crippen LogP contribution < -0.4 is 9.47 Å². The average molecular weight is 467 g/mol. The number of carbonyl (C=O) groups excluding carboxylic acids is 1. The van der Waals surface area contributed by atoms with Crippen LogP contribution >= 0.6 is 24.0 Å². The zero-order chi connectivity index (χ0) is 22.7. The predicted octanol–water partition coefficient (Wildman–Crippen LogP) is 5.59. The Morgan fingerprint density at radius 3 is 2.56 bits per heavy atom. The van der Waals surface area contributed by atoms with Crippen LogP contribution in [-0.2, 0) is 11.3 Å². The predicted molar refractivity (Wildman–Crippen MR) is 135 cm³/mol. The van der Waals surface area contributed by atoms with Crippen molar-refractivity contribution in [2.45, 2.75) is 20.4 Å². The van der Waals surface area contributed by atoms with E-state index in [0.717, 1.165) is 22.2 Å². The number of thioether (sulfide) groups is 1. The number of ether oxygens (including phenoxy) is 2. The van der Waals surface area contributed by atoms with Gasteiger partial charge in [0.2, 0.25) is 0 Å². The van der Waals surface area contributed by atoms with Crippen LogP contribution in [0.15, 0.2) is 59.6 Å². The quantitative estimate of drug-likeness (QED) is 0.320. The van der Waals surface area contributed by atoms with Crippen LogP contribution in [0, 0.1) is 5.92 Å². The van der Waals surface area contributed by atoms with Gasteiger partial charge in [-0.25, -0.2) is 0 Å². The normalized spacial score (nSPS) is 15.4. The van der Waals surface area contributed by atoms with Crippen molar-refractivity contribution in [3.8, 4) is 11.5 Å². The van der Waals surface area contributed by atoms with Gasteiger partial charge >= 0.3 is 0 Å². The van der Waals surface area contributed by atoms with Gasteiger partial charge in [0.1, 0.15) is 10.9 Å². The van der Waals surface area contributed by atoms with E-state index in [0.29, 0.717) is 40.6 Å². The first-order chi connectivity index (χ1) is 15.5. The van der Waals surface area contributed by atoms with E-state index in [9.17, 15) is 4.79 Å². The summed E-state index contributed by atoms with van der Waals surface area (Å²) in [7, 11) is 1.64. The Morgan fingerprint density at radius 1 is 1.09 bits per heavy atom. The van der Waals surface area contributed by atoms with Crippen LogP contribution in [0.25, 0.3) is 17.0 Å². The molecule has 1 amide bonds. The van der Waals surface area contributed by atoms with Gasteiger partial charge in [-0.1, -0.05) is 68.2 Å². The number of hydrogen-bond donors (Lipinski definition) is 0. The summed E-state index contributed by atoms with van der Waals surface area (Å²) in [5, 5.41) is 1.10. The summed E-state index contributed by atoms with van der Waals surface area (Å²) >= 11 is 6.83. The van der Waals surface area contributed by atoms with Gasteiger partial charge < -0.3 is 14.0 Å². The Labute approximate surface area is 198 Å². The number of fused-ring (bicyclic) bond motifs is 1. The molecular formula is C25H26N2O3S2. The second-order valence-corrected chi connectivity index (χ2v) is 9.66. The zero-order valence-electron chi connectivity index (χ0n) is 18.4. The highest BCUT2D eigenvalue weighted by Crippen LogP contribution is 2.35. The van der Waals surface area contributed by atoms with E-state index < -0.39 is 0 Å². The molecule has 2 aromatic carbocycles. The molecule has 3 aromatic rings. The van der Waals surface area contributed by atoms with Crippen molar-refractivity contribution in [1.29, 1.82) is 0 Å². The number of thiocarbonyl (C=S) groups is 1. The number of hydrogen-bond acceptors (Lipinski definition) is 5. The van der Waals surface area contributed by atoms with Gasteiger partial charge in [0, 0.05) is 29.2 Å². The number of nitrogens with zero attached hydrogens (tertiary/aromatic N) is 2. The third kappa shape index (κ3) is 4.69. The molecule has 1 aliphatic rings. The minimum Gasteiger partial charge on any atom is -0.493 e. The molecule has 7 heteroatoms. The van der Waals surface area contributed by atoms with Gasteiger partial charge in [0.25, 0.3) is 5.91 Å². The lowest BCUT2D eigenvalue weighted by molar-refractivity contribution is -0.122. The molecule has 32 heavy (non-hydrogen) atoms. The number of para-hydroxylation sites is 3. The van der Waals surface area contributed by atoms with Crippen molar-refractivity contribution in [3.05, 3.63) is 65.2 Å². The molecule has 0 saturated carbocycles. The largest absolute Gasteiger partial charge is 0.493 e. The number of amides is 1. The first kappa shape index (κ1) is 22.4. The maximum Gasteiger partial charge on any atom is 0.266 e. The van der Waals surface area contributed by atoms with Crippen LogP contribution in [0.1, 0.15) is 19.4 Å². The minimum atomic E-state index is -0.00922. The lowest BCUT2D eigenvalue weighted by Crippen LogP contribution is -2.31. The lowest BCUT2D eigenvalue weighted by atomic mass is 10.1. The van der Waals surface area contributed by atoms with Crippen LogP contribution in [0.4, 0.5) is 0 Å². The highest BCUT2D eigenvalue weighted by Gasteiger charge is 2.32. The molecular weight excluding hydrogens is 440 g/mol. The number of rotatable bonds is 8. The number of aromatic nitrogens is 1. The molecule has 4 rings (SSSR count). The Morgan fingerprint density at radius 2 is 1.81 bits per heavy atom. The zero-order valence-corrected chi connectivity index (χ0v) is 20.0. The topological polar surface area (TPSA) is 43.7 Å². The Bertz CT molecular complexity index is 1180. The molecule has 1 aliphatic heterocycles. The maximum atomic E-state index is 12.9. The van der Waals surface area contributed by atoms with Crippen molar-refractivity contribution >= 4 is 51.2 Å². The molecule has 0 spiro atoms. The Balaban J connectivity index is 1.56. The smallest absolute Gasteiger partial charge is 0.266 e. The van der Waals surface area contributed by atoms with Crippen LogP contribution in [0.5, 0.6) is 11.5 Å². The van der Waals surface area contributed by atoms with E-state index in [1.807, 2.05) is 42.5 Å². The van der Waals surface area contributed by atoms with Gasteiger partial charge in [-0.05, 0) is 30.2 Å². The maximum absolute atomic E-state index is 12.9. The first-order valence-corrected chi connectivity index (χ1v) is 11.8. The molecule has 0 atom stereocenters. The van der Waals surface area contributed by atoms with Gasteiger partial charge in [-0.2, -0.15) is 0 Å². The molecule has 0 unspecified atom stereocenters. The molecule has 0 aliphatic carbocycles. The van der Waals surface area contributed by atoms with Crippen molar-refractivity contribution in [1.82, 2.24) is 9.47 Å². The monoisotopic (exact) mass is 466 g/mol. The second kappa shape index (κ2) is 9.79. The summed E-state index contributed by atoms with van der Waals surface area (Å²) in [6, 6.07) is 15.8. The number of methoxy groups -OCH3 is 1. The van der Waals surface area contributed by atoms with E-state index in [1.165, 1.54) is 11.8 Å². The van der Waals surface area contributed by atoms with Gasteiger partial charge in [0.05, 0.1) is 18.6 Å². The Hall–Kier alpha value is -2.77. The van der Waals surface area contributed by atoms with E-state index >= 15 is 0 Å². The fourth-order valence-electron chi connectivity index (χ4n) is 3.73. The summed E-state index contributed by atoms with van der Waals surface area (Å²) in [5.74, 6) is 1.79. The molecule has 0 radical (unpaired) electrons. The fraction of sp³-hybridized carbons (Fsp3) is 0.280. The van der Waals surface area contributed by atoms with Crippen LogP contribution in [-0.4, -0.2) is 40.0 Å². The summed E-state index contributed by atoms with van der Waals surface area (Å²) in [6.45, 7) is 5.98. The van der Waals surface area contributed by atoms with Crippen molar-refractivity contribution in [3.63, 3.8) is 0 Å². The van der Waals surface area contributed by atoms with Gasteiger partial charge in [-0.3, -0.25) is 9.69 Å². The second-order valence-electron chi connectivity index (χ2n) is 7.98. The van der Waals surface area contributed by atoms with Crippen molar-refractivity contribution in [2.24, 2.45) is 5.92 Å². The molecule has 1 aromatic heterocycles. The number of carbonyl (C=O) groups is 1. The summed E-state index contributed by atoms with van der Waals surface area (Å²) < 4.78 is 14.1. The van der Waals surface area contributed by atoms with E-state index in [1.54, 1.807) is 12.0 Å². The lowest BCUT2D eigenvalue weighted by Gasteiger charge is -2.16. The molecule has 5 nitrogen and oxygen atoms in total. The van der Waals surface area contributed by atoms with E-state index in [4.69, 9.17) is 21.7 Å². The minimum absolute atomic E-state index is 0.00922. The molecule has 1 fully saturated rings. The third-order valence-electron chi connectivity index (χ3n) is 5.19. The first-order valence-electron chi connectivity index (χ1n) is 10.6. The average Bonchev–Trinajstić information content (AvgIpc) is 3.26. The summed E-state index contributed by atoms with van der Waals surface area (Å²) in [4.78, 5) is 15.3. The molecule has 166 valence electrons. The van der Waals surface area contributed by atoms with E-state index in [2.05, 4.69) is 36.7 Å². The SMILES string of the molecule is COc1ccccc1OCCn1cc(/C=C2\SC(=S)N(CC(C)C)C2=O)c2ccccc21. The fourth-order valence-corrected chi connectivity index (χ4v) is 5.00. The Kier molecular flexibility index (Phi) is 6.86. The third-order valence-corrected chi connectivity index (χ3v) is 6.56. The molecule has 0 bridgehead atoms. The highest BCUT2D eigenvalue weighted by atomic mass is 32.2. The van der Waals surface area contributed by atoms with Crippen molar-refractivity contribution < 1.29 is 14.3 Å².